The van der Waals surface area contributed by atoms with Crippen molar-refractivity contribution in [2.75, 3.05) is 4.72 Å². The Morgan fingerprint density at radius 1 is 0.974 bits per heavy atom. The molecule has 3 aromatic heterocycles. The number of nitrogens with one attached hydrogen (secondary N) is 1. The van der Waals surface area contributed by atoms with Gasteiger partial charge in [0.2, 0.25) is 0 Å². The fourth-order valence-electron chi connectivity index (χ4n) is 5.09. The van der Waals surface area contributed by atoms with E-state index < -0.39 is 10.0 Å². The number of anilines is 1. The highest BCUT2D eigenvalue weighted by atomic mass is 32.2. The molecule has 1 aliphatic rings. The molecule has 38 heavy (non-hydrogen) atoms. The molecule has 2 aromatic carbocycles. The van der Waals surface area contributed by atoms with E-state index in [-0.39, 0.29) is 4.90 Å². The summed E-state index contributed by atoms with van der Waals surface area (Å²) >= 11 is 1.34. The predicted molar refractivity (Wildman–Crippen MR) is 150 cm³/mol. The number of benzene rings is 2. The summed E-state index contributed by atoms with van der Waals surface area (Å²) in [6.45, 7) is 0.512. The average molecular weight is 545 g/mol. The molecular formula is C29H28N4O3S2. The molecule has 1 saturated carbocycles. The van der Waals surface area contributed by atoms with E-state index in [1.54, 1.807) is 23.0 Å². The van der Waals surface area contributed by atoms with E-state index in [4.69, 9.17) is 4.74 Å². The van der Waals surface area contributed by atoms with Crippen molar-refractivity contribution in [2.24, 2.45) is 0 Å². The quantitative estimate of drug-likeness (QED) is 0.230. The highest BCUT2D eigenvalue weighted by Crippen LogP contribution is 2.39. The van der Waals surface area contributed by atoms with Gasteiger partial charge in [-0.1, -0.05) is 61.7 Å². The van der Waals surface area contributed by atoms with E-state index in [2.05, 4.69) is 26.9 Å². The Labute approximate surface area is 226 Å². The van der Waals surface area contributed by atoms with Gasteiger partial charge in [-0.05, 0) is 47.5 Å². The predicted octanol–water partition coefficient (Wildman–Crippen LogP) is 6.89. The molecule has 1 aliphatic carbocycles. The zero-order valence-corrected chi connectivity index (χ0v) is 22.4. The van der Waals surface area contributed by atoms with E-state index in [9.17, 15) is 8.42 Å². The van der Waals surface area contributed by atoms with Crippen LogP contribution in [0.3, 0.4) is 0 Å². The molecule has 6 rings (SSSR count). The molecule has 0 aliphatic heterocycles. The van der Waals surface area contributed by atoms with E-state index in [1.807, 2.05) is 53.2 Å². The first kappa shape index (κ1) is 24.6. The lowest BCUT2D eigenvalue weighted by molar-refractivity contribution is 0.306. The average Bonchev–Trinajstić information content (AvgIpc) is 3.64. The van der Waals surface area contributed by atoms with Gasteiger partial charge >= 0.3 is 0 Å². The smallest absolute Gasteiger partial charge is 0.262 e. The molecule has 7 nitrogen and oxygen atoms in total. The van der Waals surface area contributed by atoms with Gasteiger partial charge in [-0.3, -0.25) is 4.72 Å². The first-order chi connectivity index (χ1) is 18.6. The van der Waals surface area contributed by atoms with Gasteiger partial charge in [0.25, 0.3) is 10.0 Å². The number of ether oxygens (including phenoxy) is 1. The molecule has 0 radical (unpaired) electrons. The highest BCUT2D eigenvalue weighted by molar-refractivity contribution is 7.92. The number of fused-ring (bicyclic) bond motifs is 1. The lowest BCUT2D eigenvalue weighted by Crippen LogP contribution is -2.14. The second-order valence-corrected chi connectivity index (χ2v) is 12.0. The fourth-order valence-corrected chi connectivity index (χ4v) is 7.17. The number of nitrogens with zero attached hydrogens (tertiary/aromatic N) is 3. The van der Waals surface area contributed by atoms with Crippen LogP contribution in [0.1, 0.15) is 49.3 Å². The molecule has 3 heterocycles. The number of aromatic nitrogens is 3. The topological polar surface area (TPSA) is 85.6 Å². The number of hydrogen-bond acceptors (Lipinski definition) is 6. The van der Waals surface area contributed by atoms with Gasteiger partial charge < -0.3 is 4.74 Å². The third-order valence-corrected chi connectivity index (χ3v) is 9.21. The van der Waals surface area contributed by atoms with E-state index >= 15 is 0 Å². The van der Waals surface area contributed by atoms with Crippen molar-refractivity contribution in [3.8, 4) is 16.9 Å². The van der Waals surface area contributed by atoms with E-state index in [0.717, 1.165) is 41.0 Å². The van der Waals surface area contributed by atoms with Gasteiger partial charge in [-0.25, -0.2) is 17.9 Å². The third-order valence-electron chi connectivity index (χ3n) is 7.02. The van der Waals surface area contributed by atoms with Crippen LogP contribution in [0.25, 0.3) is 16.8 Å². The van der Waals surface area contributed by atoms with Crippen molar-refractivity contribution in [3.63, 3.8) is 0 Å². The van der Waals surface area contributed by atoms with Crippen molar-refractivity contribution in [1.82, 2.24) is 14.6 Å². The van der Waals surface area contributed by atoms with Crippen LogP contribution in [-0.4, -0.2) is 23.0 Å². The minimum absolute atomic E-state index is 0.237. The Hall–Kier alpha value is -3.69. The van der Waals surface area contributed by atoms with Crippen molar-refractivity contribution in [2.45, 2.75) is 49.5 Å². The van der Waals surface area contributed by atoms with Crippen molar-refractivity contribution >= 4 is 32.7 Å². The largest absolute Gasteiger partial charge is 0.489 e. The van der Waals surface area contributed by atoms with Crippen LogP contribution in [0, 0.1) is 0 Å². The zero-order valence-electron chi connectivity index (χ0n) is 20.8. The van der Waals surface area contributed by atoms with Crippen LogP contribution in [0.4, 0.5) is 5.69 Å². The van der Waals surface area contributed by atoms with Gasteiger partial charge in [-0.15, -0.1) is 0 Å². The maximum absolute atomic E-state index is 12.9. The summed E-state index contributed by atoms with van der Waals surface area (Å²) in [5.41, 5.74) is 5.13. The maximum atomic E-state index is 12.9. The molecule has 0 amide bonds. The van der Waals surface area contributed by atoms with Crippen LogP contribution in [-0.2, 0) is 16.6 Å². The summed E-state index contributed by atoms with van der Waals surface area (Å²) in [5.74, 6) is 1.12. The van der Waals surface area contributed by atoms with Crippen LogP contribution in [0.2, 0.25) is 0 Å². The second kappa shape index (κ2) is 10.6. The molecule has 0 spiro atoms. The lowest BCUT2D eigenvalue weighted by atomic mass is 9.84. The Morgan fingerprint density at radius 2 is 1.76 bits per heavy atom. The number of thiophene rings is 1. The Morgan fingerprint density at radius 3 is 2.50 bits per heavy atom. The van der Waals surface area contributed by atoms with Gasteiger partial charge in [0.05, 0.1) is 16.8 Å². The van der Waals surface area contributed by atoms with Crippen LogP contribution < -0.4 is 9.46 Å². The van der Waals surface area contributed by atoms with Crippen molar-refractivity contribution in [1.29, 1.82) is 0 Å². The monoisotopic (exact) mass is 544 g/mol. The summed E-state index contributed by atoms with van der Waals surface area (Å²) < 4.78 is 36.2. The van der Waals surface area contributed by atoms with Crippen LogP contribution in [0.15, 0.2) is 88.7 Å². The van der Waals surface area contributed by atoms with E-state index in [0.29, 0.717) is 23.9 Å². The van der Waals surface area contributed by atoms with Gasteiger partial charge in [0.15, 0.2) is 5.65 Å². The van der Waals surface area contributed by atoms with Crippen LogP contribution in [0.5, 0.6) is 5.75 Å². The summed E-state index contributed by atoms with van der Waals surface area (Å²) in [5, 5.41) is 7.99. The molecule has 5 aromatic rings. The summed E-state index contributed by atoms with van der Waals surface area (Å²) in [6, 6.07) is 19.8. The Kier molecular flexibility index (Phi) is 6.86. The summed E-state index contributed by atoms with van der Waals surface area (Å²) in [6.07, 6.45) is 9.11. The molecule has 1 fully saturated rings. The molecule has 194 valence electrons. The molecular weight excluding hydrogens is 516 g/mol. The second-order valence-electron chi connectivity index (χ2n) is 9.55. The van der Waals surface area contributed by atoms with Gasteiger partial charge in [0.1, 0.15) is 18.0 Å². The standard InChI is InChI=1S/C29H28N4O3S2/c34-38(35,25-15-16-37-20-25)32-27-18-31-33-28(23-9-5-2-6-10-23)26(17-30-29(27)33)22-11-13-24(14-12-22)36-19-21-7-3-1-4-8-21/h1,3-4,7-8,11-18,20,23,32H,2,5-6,9-10,19H2. The third kappa shape index (κ3) is 5.04. The number of sulfonamides is 1. The molecule has 0 bridgehead atoms. The molecule has 0 atom stereocenters. The Balaban J connectivity index is 1.34. The molecule has 1 N–H and O–H groups in total. The van der Waals surface area contributed by atoms with Gasteiger partial charge in [-0.2, -0.15) is 16.4 Å². The zero-order chi connectivity index (χ0) is 26.0. The summed E-state index contributed by atoms with van der Waals surface area (Å²) in [4.78, 5) is 4.92. The van der Waals surface area contributed by atoms with Crippen molar-refractivity contribution < 1.29 is 13.2 Å². The lowest BCUT2D eigenvalue weighted by Gasteiger charge is -2.25. The first-order valence-electron chi connectivity index (χ1n) is 12.8. The van der Waals surface area contributed by atoms with Gasteiger partial charge in [0, 0.05) is 23.1 Å². The number of rotatable bonds is 8. The Bertz CT molecular complexity index is 1620. The van der Waals surface area contributed by atoms with Crippen molar-refractivity contribution in [3.05, 3.63) is 95.1 Å². The summed E-state index contributed by atoms with van der Waals surface area (Å²) in [7, 11) is -3.71. The first-order valence-corrected chi connectivity index (χ1v) is 15.2. The minimum Gasteiger partial charge on any atom is -0.489 e. The van der Waals surface area contributed by atoms with E-state index in [1.165, 1.54) is 30.6 Å². The highest BCUT2D eigenvalue weighted by Gasteiger charge is 2.25. The molecule has 0 saturated heterocycles. The fraction of sp³-hybridized carbons (Fsp3) is 0.241. The SMILES string of the molecule is O=S(=O)(Nc1cnn2c(C3CCCCC3)c(-c3ccc(OCc4ccccc4)cc3)cnc12)c1ccsc1. The molecule has 0 unspecified atom stereocenters. The molecule has 9 heteroatoms. The number of hydrogen-bond donors (Lipinski definition) is 1. The minimum atomic E-state index is -3.71. The van der Waals surface area contributed by atoms with Crippen LogP contribution >= 0.6 is 11.3 Å². The normalized spacial score (nSPS) is 14.5. The maximum Gasteiger partial charge on any atom is 0.262 e.